The molecule has 6 heteroatoms. The molecule has 2 saturated heterocycles. The minimum Gasteiger partial charge on any atom is -0.379 e. The van der Waals surface area contributed by atoms with Crippen molar-refractivity contribution in [3.8, 4) is 89.0 Å². The van der Waals surface area contributed by atoms with E-state index >= 15 is 0 Å². The normalized spacial score (nSPS) is 14.5. The largest absolute Gasteiger partial charge is 0.379 e. The molecule has 0 saturated carbocycles. The highest BCUT2D eigenvalue weighted by Crippen LogP contribution is 2.56. The Balaban J connectivity index is 1.03. The van der Waals surface area contributed by atoms with Crippen molar-refractivity contribution in [2.24, 2.45) is 9.98 Å². The highest BCUT2D eigenvalue weighted by Gasteiger charge is 2.29. The third-order valence-corrected chi connectivity index (χ3v) is 14.4. The lowest BCUT2D eigenvalue weighted by Gasteiger charge is -2.29. The smallest absolute Gasteiger partial charge is 0.0594 e. The highest BCUT2D eigenvalue weighted by molar-refractivity contribution is 6.15. The molecular formula is C68H62N4O2. The summed E-state index contributed by atoms with van der Waals surface area (Å²) in [7, 11) is 0. The van der Waals surface area contributed by atoms with Gasteiger partial charge in [-0.15, -0.1) is 0 Å². The fraction of sp³-hybridized carbons (Fsp3) is 0.176. The summed E-state index contributed by atoms with van der Waals surface area (Å²) in [6, 6.07) is 80.0. The molecule has 0 aromatic heterocycles. The number of benzene rings is 9. The third-order valence-electron chi connectivity index (χ3n) is 14.4. The summed E-state index contributed by atoms with van der Waals surface area (Å²) in [6.07, 6.45) is 4.00. The SMILES string of the molecule is C(=NCCN1CCOCC1)c1ccc(-c2ccc(-c3c(-c4ccccc4)c(-c4ccccc4)c(-c4ccccc4)c(-c4ccccc4)c3-c3ccc(-c4ccc(C=NCCN5CCOCC5)cc4)cc3)cc2)cc1. The van der Waals surface area contributed by atoms with E-state index in [1.165, 1.54) is 44.5 Å². The first kappa shape index (κ1) is 48.4. The first-order valence-electron chi connectivity index (χ1n) is 26.2. The summed E-state index contributed by atoms with van der Waals surface area (Å²) in [6.45, 7) is 10.6. The van der Waals surface area contributed by atoms with Crippen LogP contribution in [0.15, 0.2) is 228 Å². The molecule has 9 aromatic carbocycles. The maximum absolute atomic E-state index is 5.51. The maximum atomic E-state index is 5.51. The lowest BCUT2D eigenvalue weighted by molar-refractivity contribution is 0.0394. The van der Waals surface area contributed by atoms with Crippen LogP contribution < -0.4 is 0 Å². The Morgan fingerprint density at radius 2 is 0.514 bits per heavy atom. The van der Waals surface area contributed by atoms with Crippen LogP contribution in [0.4, 0.5) is 0 Å². The molecule has 0 atom stereocenters. The van der Waals surface area contributed by atoms with Crippen LogP contribution in [0.3, 0.4) is 0 Å². The molecule has 0 N–H and O–H groups in total. The van der Waals surface area contributed by atoms with Gasteiger partial charge in [0.1, 0.15) is 0 Å². The van der Waals surface area contributed by atoms with Crippen LogP contribution in [0, 0.1) is 0 Å². The Morgan fingerprint density at radius 3 is 0.784 bits per heavy atom. The average Bonchev–Trinajstić information content (AvgIpc) is 3.49. The summed E-state index contributed by atoms with van der Waals surface area (Å²) < 4.78 is 11.0. The standard InChI is InChI=1S/C68H62N4O2/c1-5-13-57(14-6-1)63-64(58-15-7-2-8-16-58)66(60-19-11-4-12-20-60)68(62-35-31-56(32-36-62)54-27-23-52(24-28-54)50-70-38-40-72-43-47-74-48-44-72)67(65(63)59-17-9-3-10-18-59)61-33-29-55(30-34-61)53-25-21-51(22-26-53)49-69-37-39-71-41-45-73-46-42-71/h1-36,49-50H,37-48H2. The fourth-order valence-corrected chi connectivity index (χ4v) is 10.5. The molecule has 6 nitrogen and oxygen atoms in total. The van der Waals surface area contributed by atoms with Crippen molar-refractivity contribution >= 4 is 12.4 Å². The van der Waals surface area contributed by atoms with Gasteiger partial charge in [-0.3, -0.25) is 19.8 Å². The predicted molar refractivity (Wildman–Crippen MR) is 309 cm³/mol. The summed E-state index contributed by atoms with van der Waals surface area (Å²) in [4.78, 5) is 14.4. The number of hydrogen-bond acceptors (Lipinski definition) is 6. The van der Waals surface area contributed by atoms with Gasteiger partial charge in [-0.1, -0.05) is 218 Å². The van der Waals surface area contributed by atoms with Gasteiger partial charge >= 0.3 is 0 Å². The van der Waals surface area contributed by atoms with Crippen molar-refractivity contribution in [3.05, 3.63) is 230 Å². The van der Waals surface area contributed by atoms with Crippen LogP contribution in [0.1, 0.15) is 11.1 Å². The molecule has 2 aliphatic rings. The molecule has 0 aliphatic carbocycles. The van der Waals surface area contributed by atoms with Crippen LogP contribution in [-0.2, 0) is 9.47 Å². The number of nitrogens with zero attached hydrogens (tertiary/aromatic N) is 4. The second-order valence-corrected chi connectivity index (χ2v) is 19.1. The molecule has 0 radical (unpaired) electrons. The van der Waals surface area contributed by atoms with Crippen molar-refractivity contribution in [3.63, 3.8) is 0 Å². The Hall–Kier alpha value is -7.84. The van der Waals surface area contributed by atoms with Gasteiger partial charge in [0.15, 0.2) is 0 Å². The second kappa shape index (κ2) is 23.8. The fourth-order valence-electron chi connectivity index (χ4n) is 10.5. The first-order chi connectivity index (χ1) is 36.7. The van der Waals surface area contributed by atoms with E-state index < -0.39 is 0 Å². The zero-order valence-corrected chi connectivity index (χ0v) is 42.0. The second-order valence-electron chi connectivity index (χ2n) is 19.1. The van der Waals surface area contributed by atoms with Crippen LogP contribution in [0.2, 0.25) is 0 Å². The number of aliphatic imine (C=N–C) groups is 2. The van der Waals surface area contributed by atoms with E-state index in [4.69, 9.17) is 19.5 Å². The van der Waals surface area contributed by atoms with E-state index in [0.717, 1.165) is 134 Å². The predicted octanol–water partition coefficient (Wildman–Crippen LogP) is 14.5. The molecule has 2 fully saturated rings. The zero-order valence-electron chi connectivity index (χ0n) is 42.0. The minimum absolute atomic E-state index is 0.783. The van der Waals surface area contributed by atoms with E-state index in [1.807, 2.05) is 12.4 Å². The molecule has 0 bridgehead atoms. The molecule has 0 unspecified atom stereocenters. The lowest BCUT2D eigenvalue weighted by Crippen LogP contribution is -2.37. The topological polar surface area (TPSA) is 49.7 Å². The number of ether oxygens (including phenoxy) is 2. The summed E-state index contributed by atoms with van der Waals surface area (Å²) in [5.74, 6) is 0. The average molecular weight is 967 g/mol. The minimum atomic E-state index is 0.783. The molecule has 366 valence electrons. The Bertz CT molecular complexity index is 3050. The van der Waals surface area contributed by atoms with E-state index in [-0.39, 0.29) is 0 Å². The Labute approximate surface area is 437 Å². The summed E-state index contributed by atoms with van der Waals surface area (Å²) >= 11 is 0. The summed E-state index contributed by atoms with van der Waals surface area (Å²) in [5.41, 5.74) is 21.0. The van der Waals surface area contributed by atoms with Crippen molar-refractivity contribution in [1.82, 2.24) is 9.80 Å². The number of hydrogen-bond donors (Lipinski definition) is 0. The molecule has 0 spiro atoms. The van der Waals surface area contributed by atoms with Gasteiger partial charge < -0.3 is 9.47 Å². The van der Waals surface area contributed by atoms with Crippen LogP contribution in [0.5, 0.6) is 0 Å². The molecule has 74 heavy (non-hydrogen) atoms. The van der Waals surface area contributed by atoms with Gasteiger partial charge in [-0.05, 0) is 100 Å². The van der Waals surface area contributed by atoms with Crippen LogP contribution >= 0.6 is 0 Å². The molecule has 9 aromatic rings. The quantitative estimate of drug-likeness (QED) is 0.0906. The monoisotopic (exact) mass is 966 g/mol. The van der Waals surface area contributed by atoms with E-state index in [1.54, 1.807) is 0 Å². The van der Waals surface area contributed by atoms with Crippen molar-refractivity contribution in [2.75, 3.05) is 78.8 Å². The van der Waals surface area contributed by atoms with E-state index in [0.29, 0.717) is 0 Å². The molecule has 0 amide bonds. The van der Waals surface area contributed by atoms with Gasteiger partial charge in [-0.2, -0.15) is 0 Å². The van der Waals surface area contributed by atoms with Gasteiger partial charge in [0.05, 0.1) is 39.5 Å². The Kier molecular flexibility index (Phi) is 15.6. The Morgan fingerprint density at radius 1 is 0.284 bits per heavy atom. The van der Waals surface area contributed by atoms with Gasteiger partial charge in [0.2, 0.25) is 0 Å². The van der Waals surface area contributed by atoms with Crippen LogP contribution in [-0.4, -0.2) is 101 Å². The lowest BCUT2D eigenvalue weighted by atomic mass is 9.74. The molecule has 11 rings (SSSR count). The van der Waals surface area contributed by atoms with Crippen molar-refractivity contribution < 1.29 is 9.47 Å². The van der Waals surface area contributed by atoms with E-state index in [2.05, 4.69) is 228 Å². The molecular weight excluding hydrogens is 905 g/mol. The third kappa shape index (κ3) is 11.4. The van der Waals surface area contributed by atoms with Crippen molar-refractivity contribution in [2.45, 2.75) is 0 Å². The summed E-state index contributed by atoms with van der Waals surface area (Å²) in [5, 5.41) is 0. The van der Waals surface area contributed by atoms with Gasteiger partial charge in [0.25, 0.3) is 0 Å². The first-order valence-corrected chi connectivity index (χ1v) is 26.2. The van der Waals surface area contributed by atoms with Crippen LogP contribution in [0.25, 0.3) is 89.0 Å². The zero-order chi connectivity index (χ0) is 49.7. The van der Waals surface area contributed by atoms with Crippen molar-refractivity contribution in [1.29, 1.82) is 0 Å². The van der Waals surface area contributed by atoms with E-state index in [9.17, 15) is 0 Å². The number of morpholine rings is 2. The van der Waals surface area contributed by atoms with Gasteiger partial charge in [-0.25, -0.2) is 0 Å². The maximum Gasteiger partial charge on any atom is 0.0594 e. The molecule has 2 heterocycles. The number of rotatable bonds is 16. The highest BCUT2D eigenvalue weighted by atomic mass is 16.5. The van der Waals surface area contributed by atoms with Gasteiger partial charge in [0, 0.05) is 51.7 Å². The molecule has 2 aliphatic heterocycles.